The van der Waals surface area contributed by atoms with Gasteiger partial charge in [-0.3, -0.25) is 0 Å². The first-order valence-electron chi connectivity index (χ1n) is 6.74. The number of ether oxygens (including phenoxy) is 3. The summed E-state index contributed by atoms with van der Waals surface area (Å²) in [4.78, 5) is 0. The van der Waals surface area contributed by atoms with Gasteiger partial charge in [0.25, 0.3) is 0 Å². The predicted octanol–water partition coefficient (Wildman–Crippen LogP) is 3.07. The fourth-order valence-electron chi connectivity index (χ4n) is 2.47. The third-order valence-electron chi connectivity index (χ3n) is 3.59. The summed E-state index contributed by atoms with van der Waals surface area (Å²) in [6, 6.07) is 11.5. The monoisotopic (exact) mass is 287 g/mol. The van der Waals surface area contributed by atoms with E-state index in [9.17, 15) is 0 Å². The molecular weight excluding hydrogens is 266 g/mol. The van der Waals surface area contributed by atoms with Crippen molar-refractivity contribution in [2.75, 3.05) is 21.3 Å². The first-order valence-corrected chi connectivity index (χ1v) is 6.74. The molecule has 0 fully saturated rings. The Hall–Kier alpha value is -2.20. The van der Waals surface area contributed by atoms with Gasteiger partial charge >= 0.3 is 0 Å². The van der Waals surface area contributed by atoms with Gasteiger partial charge in [0.05, 0.1) is 27.4 Å². The molecule has 2 rings (SSSR count). The molecule has 1 atom stereocenters. The van der Waals surface area contributed by atoms with Crippen LogP contribution in [0.3, 0.4) is 0 Å². The van der Waals surface area contributed by atoms with Crippen LogP contribution in [0.25, 0.3) is 0 Å². The molecule has 0 radical (unpaired) electrons. The van der Waals surface area contributed by atoms with Gasteiger partial charge in [-0.1, -0.05) is 24.3 Å². The van der Waals surface area contributed by atoms with E-state index in [4.69, 9.17) is 19.9 Å². The molecule has 112 valence electrons. The summed E-state index contributed by atoms with van der Waals surface area (Å²) >= 11 is 0. The minimum Gasteiger partial charge on any atom is -0.493 e. The number of benzene rings is 2. The van der Waals surface area contributed by atoms with E-state index in [-0.39, 0.29) is 6.04 Å². The quantitative estimate of drug-likeness (QED) is 0.918. The zero-order chi connectivity index (χ0) is 15.4. The third-order valence-corrected chi connectivity index (χ3v) is 3.59. The van der Waals surface area contributed by atoms with E-state index in [1.165, 1.54) is 0 Å². The summed E-state index contributed by atoms with van der Waals surface area (Å²) in [7, 11) is 4.78. The second-order valence-electron chi connectivity index (χ2n) is 4.76. The Bertz CT molecular complexity index is 625. The average Bonchev–Trinajstić information content (AvgIpc) is 2.52. The average molecular weight is 287 g/mol. The van der Waals surface area contributed by atoms with E-state index in [0.717, 1.165) is 16.7 Å². The van der Waals surface area contributed by atoms with Gasteiger partial charge < -0.3 is 19.9 Å². The molecule has 0 aliphatic rings. The number of hydrogen-bond donors (Lipinski definition) is 1. The van der Waals surface area contributed by atoms with Crippen molar-refractivity contribution in [3.05, 3.63) is 53.1 Å². The fraction of sp³-hybridized carbons (Fsp3) is 0.294. The van der Waals surface area contributed by atoms with Crippen LogP contribution in [0.4, 0.5) is 0 Å². The molecule has 0 aliphatic heterocycles. The first-order chi connectivity index (χ1) is 10.1. The molecule has 0 saturated heterocycles. The number of hydrogen-bond acceptors (Lipinski definition) is 4. The molecule has 0 bridgehead atoms. The van der Waals surface area contributed by atoms with Crippen molar-refractivity contribution in [2.45, 2.75) is 13.0 Å². The normalized spacial score (nSPS) is 11.9. The molecule has 2 N–H and O–H groups in total. The molecule has 0 amide bonds. The lowest BCUT2D eigenvalue weighted by Crippen LogP contribution is -2.15. The highest BCUT2D eigenvalue weighted by Crippen LogP contribution is 2.43. The van der Waals surface area contributed by atoms with Gasteiger partial charge in [-0.25, -0.2) is 0 Å². The van der Waals surface area contributed by atoms with Gasteiger partial charge in [0.2, 0.25) is 5.75 Å². The van der Waals surface area contributed by atoms with Gasteiger partial charge in [0.15, 0.2) is 11.5 Å². The minimum absolute atomic E-state index is 0.291. The Balaban J connectivity index is 2.56. The lowest BCUT2D eigenvalue weighted by atomic mass is 9.94. The summed E-state index contributed by atoms with van der Waals surface area (Å²) in [5.41, 5.74) is 9.50. The van der Waals surface area contributed by atoms with Crippen LogP contribution in [-0.2, 0) is 0 Å². The van der Waals surface area contributed by atoms with Gasteiger partial charge in [-0.05, 0) is 30.2 Å². The largest absolute Gasteiger partial charge is 0.493 e. The van der Waals surface area contributed by atoms with Crippen LogP contribution in [0.1, 0.15) is 22.7 Å². The topological polar surface area (TPSA) is 53.7 Å². The fourth-order valence-corrected chi connectivity index (χ4v) is 2.47. The van der Waals surface area contributed by atoms with Crippen LogP contribution >= 0.6 is 0 Å². The SMILES string of the molecule is COc1ccc(C(N)c2ccccc2C)c(OC)c1OC. The number of aryl methyl sites for hydroxylation is 1. The van der Waals surface area contributed by atoms with Crippen molar-refractivity contribution in [2.24, 2.45) is 5.73 Å². The molecule has 0 spiro atoms. The van der Waals surface area contributed by atoms with Gasteiger partial charge in [0, 0.05) is 5.56 Å². The zero-order valence-electron chi connectivity index (χ0n) is 12.8. The molecule has 0 saturated carbocycles. The summed E-state index contributed by atoms with van der Waals surface area (Å²) in [5, 5.41) is 0. The van der Waals surface area contributed by atoms with Crippen molar-refractivity contribution < 1.29 is 14.2 Å². The highest BCUT2D eigenvalue weighted by molar-refractivity contribution is 5.58. The van der Waals surface area contributed by atoms with Gasteiger partial charge in [0.1, 0.15) is 0 Å². The Morgan fingerprint density at radius 2 is 1.48 bits per heavy atom. The maximum atomic E-state index is 6.43. The molecule has 2 aromatic rings. The van der Waals surface area contributed by atoms with Crippen molar-refractivity contribution in [1.82, 2.24) is 0 Å². The number of rotatable bonds is 5. The lowest BCUT2D eigenvalue weighted by molar-refractivity contribution is 0.321. The van der Waals surface area contributed by atoms with Gasteiger partial charge in [-0.2, -0.15) is 0 Å². The smallest absolute Gasteiger partial charge is 0.203 e. The molecule has 0 aliphatic carbocycles. The van der Waals surface area contributed by atoms with E-state index in [0.29, 0.717) is 17.2 Å². The second-order valence-corrected chi connectivity index (χ2v) is 4.76. The van der Waals surface area contributed by atoms with Crippen LogP contribution in [0, 0.1) is 6.92 Å². The number of methoxy groups -OCH3 is 3. The van der Waals surface area contributed by atoms with Crippen molar-refractivity contribution >= 4 is 0 Å². The maximum Gasteiger partial charge on any atom is 0.203 e. The summed E-state index contributed by atoms with van der Waals surface area (Å²) in [6.07, 6.45) is 0. The molecule has 4 heteroatoms. The lowest BCUT2D eigenvalue weighted by Gasteiger charge is -2.21. The maximum absolute atomic E-state index is 6.43. The minimum atomic E-state index is -0.291. The van der Waals surface area contributed by atoms with Crippen LogP contribution in [0.2, 0.25) is 0 Å². The standard InChI is InChI=1S/C17H21NO3/c1-11-7-5-6-8-12(11)15(18)13-9-10-14(19-2)17(21-4)16(13)20-3/h5-10,15H,18H2,1-4H3. The van der Waals surface area contributed by atoms with Crippen molar-refractivity contribution in [3.8, 4) is 17.2 Å². The second kappa shape index (κ2) is 6.50. The molecular formula is C17H21NO3. The highest BCUT2D eigenvalue weighted by Gasteiger charge is 2.21. The Morgan fingerprint density at radius 3 is 2.05 bits per heavy atom. The first kappa shape index (κ1) is 15.2. The molecule has 1 unspecified atom stereocenters. The van der Waals surface area contributed by atoms with E-state index in [1.807, 2.05) is 43.3 Å². The van der Waals surface area contributed by atoms with Crippen molar-refractivity contribution in [1.29, 1.82) is 0 Å². The van der Waals surface area contributed by atoms with Crippen LogP contribution in [0.5, 0.6) is 17.2 Å². The molecule has 4 nitrogen and oxygen atoms in total. The van der Waals surface area contributed by atoms with Gasteiger partial charge in [-0.15, -0.1) is 0 Å². The molecule has 0 aromatic heterocycles. The van der Waals surface area contributed by atoms with E-state index >= 15 is 0 Å². The number of nitrogens with two attached hydrogens (primary N) is 1. The molecule has 21 heavy (non-hydrogen) atoms. The summed E-state index contributed by atoms with van der Waals surface area (Å²) < 4.78 is 16.2. The Kier molecular flexibility index (Phi) is 4.70. The Labute approximate surface area is 125 Å². The molecule has 2 aromatic carbocycles. The highest BCUT2D eigenvalue weighted by atomic mass is 16.5. The van der Waals surface area contributed by atoms with Crippen LogP contribution < -0.4 is 19.9 Å². The zero-order valence-corrected chi connectivity index (χ0v) is 12.8. The molecule has 0 heterocycles. The van der Waals surface area contributed by atoms with Crippen LogP contribution in [0.15, 0.2) is 36.4 Å². The Morgan fingerprint density at radius 1 is 0.810 bits per heavy atom. The van der Waals surface area contributed by atoms with E-state index in [2.05, 4.69) is 0 Å². The summed E-state index contributed by atoms with van der Waals surface area (Å²) in [6.45, 7) is 2.04. The van der Waals surface area contributed by atoms with Crippen molar-refractivity contribution in [3.63, 3.8) is 0 Å². The van der Waals surface area contributed by atoms with E-state index in [1.54, 1.807) is 21.3 Å². The van der Waals surface area contributed by atoms with Crippen LogP contribution in [-0.4, -0.2) is 21.3 Å². The summed E-state index contributed by atoms with van der Waals surface area (Å²) in [5.74, 6) is 1.78. The van der Waals surface area contributed by atoms with E-state index < -0.39 is 0 Å². The predicted molar refractivity (Wildman–Crippen MR) is 83.3 cm³/mol. The third kappa shape index (κ3) is 2.81.